The predicted octanol–water partition coefficient (Wildman–Crippen LogP) is 6.19. The van der Waals surface area contributed by atoms with Gasteiger partial charge in [0.15, 0.2) is 0 Å². The molecule has 4 rings (SSSR count). The third-order valence-corrected chi connectivity index (χ3v) is 7.54. The minimum absolute atomic E-state index is 0.368. The third kappa shape index (κ3) is 6.18. The van der Waals surface area contributed by atoms with Crippen molar-refractivity contribution < 1.29 is 9.84 Å². The molecule has 0 saturated carbocycles. The van der Waals surface area contributed by atoms with Gasteiger partial charge in [-0.25, -0.2) is 0 Å². The van der Waals surface area contributed by atoms with Crippen LogP contribution in [0.15, 0.2) is 60.7 Å². The molecular weight excluding hydrogens is 432 g/mol. The van der Waals surface area contributed by atoms with Crippen LogP contribution in [0.5, 0.6) is 11.5 Å². The van der Waals surface area contributed by atoms with E-state index in [0.29, 0.717) is 11.7 Å². The summed E-state index contributed by atoms with van der Waals surface area (Å²) in [5, 5.41) is 9.88. The van der Waals surface area contributed by atoms with Gasteiger partial charge in [0, 0.05) is 31.4 Å². The lowest BCUT2D eigenvalue weighted by atomic mass is 9.79. The maximum Gasteiger partial charge on any atom is 0.120 e. The van der Waals surface area contributed by atoms with E-state index < -0.39 is 0 Å². The number of phenols is 1. The zero-order valence-corrected chi connectivity index (χ0v) is 21.8. The monoisotopic (exact) mass is 472 g/mol. The van der Waals surface area contributed by atoms with Crippen molar-refractivity contribution in [1.29, 1.82) is 0 Å². The molecule has 35 heavy (non-hydrogen) atoms. The number of rotatable bonds is 10. The Balaban J connectivity index is 1.55. The molecule has 0 bridgehead atoms. The molecule has 0 aliphatic heterocycles. The number of phenolic OH excluding ortho intramolecular Hbond substituents is 1. The highest BCUT2D eigenvalue weighted by atomic mass is 16.5. The molecule has 0 spiro atoms. The van der Waals surface area contributed by atoms with Crippen LogP contribution in [0.3, 0.4) is 0 Å². The van der Waals surface area contributed by atoms with Crippen LogP contribution in [0, 0.1) is 0 Å². The summed E-state index contributed by atoms with van der Waals surface area (Å²) in [5.41, 5.74) is 8.03. The third-order valence-electron chi connectivity index (χ3n) is 7.54. The topological polar surface area (TPSA) is 35.9 Å². The fraction of sp³-hybridized carbons (Fsp3) is 0.419. The standard InChI is InChI=1S/C31H40N2O2/c1-5-32(3)18-17-23-7-9-24(10-8-23)22-33(6-2)31-21-29(35-4)15-16-30(31)27-12-11-26-20-28(34)14-13-25(26)19-27/h7-10,13-16,20-21,27,34H,5-6,11-12,17-19,22H2,1-4H3/t27-/m1/s1. The summed E-state index contributed by atoms with van der Waals surface area (Å²) in [6.45, 7) is 8.42. The molecule has 3 aromatic rings. The van der Waals surface area contributed by atoms with Crippen molar-refractivity contribution in [3.05, 3.63) is 88.5 Å². The zero-order valence-electron chi connectivity index (χ0n) is 21.8. The molecule has 1 aliphatic carbocycles. The predicted molar refractivity (Wildman–Crippen MR) is 146 cm³/mol. The van der Waals surface area contributed by atoms with Gasteiger partial charge in [0.05, 0.1) is 7.11 Å². The first-order valence-corrected chi connectivity index (χ1v) is 13.0. The number of likely N-dealkylation sites (N-methyl/N-ethyl adjacent to an activating group) is 1. The summed E-state index contributed by atoms with van der Waals surface area (Å²) in [7, 11) is 3.92. The summed E-state index contributed by atoms with van der Waals surface area (Å²) < 4.78 is 5.62. The van der Waals surface area contributed by atoms with Crippen LogP contribution in [0.1, 0.15) is 54.0 Å². The van der Waals surface area contributed by atoms with E-state index in [2.05, 4.69) is 79.2 Å². The molecule has 1 atom stereocenters. The van der Waals surface area contributed by atoms with E-state index >= 15 is 0 Å². The lowest BCUT2D eigenvalue weighted by Gasteiger charge is -2.32. The minimum Gasteiger partial charge on any atom is -0.508 e. The van der Waals surface area contributed by atoms with Crippen molar-refractivity contribution >= 4 is 5.69 Å². The number of methoxy groups -OCH3 is 1. The number of ether oxygens (including phenoxy) is 1. The minimum atomic E-state index is 0.368. The molecule has 1 N–H and O–H groups in total. The van der Waals surface area contributed by atoms with Crippen LogP contribution in [0.25, 0.3) is 0 Å². The number of hydrogen-bond donors (Lipinski definition) is 1. The van der Waals surface area contributed by atoms with Gasteiger partial charge < -0.3 is 19.6 Å². The second kappa shape index (κ2) is 11.6. The first kappa shape index (κ1) is 25.1. The van der Waals surface area contributed by atoms with Gasteiger partial charge in [0.1, 0.15) is 11.5 Å². The Labute approximate surface area is 211 Å². The summed E-state index contributed by atoms with van der Waals surface area (Å²) in [5.74, 6) is 1.73. The Morgan fingerprint density at radius 3 is 2.40 bits per heavy atom. The maximum atomic E-state index is 9.88. The van der Waals surface area contributed by atoms with Crippen LogP contribution in [-0.2, 0) is 25.8 Å². The number of fused-ring (bicyclic) bond motifs is 1. The average molecular weight is 473 g/mol. The van der Waals surface area contributed by atoms with Crippen LogP contribution >= 0.6 is 0 Å². The van der Waals surface area contributed by atoms with Gasteiger partial charge in [-0.2, -0.15) is 0 Å². The molecule has 0 aromatic heterocycles. The number of anilines is 1. The molecule has 1 aliphatic rings. The summed E-state index contributed by atoms with van der Waals surface area (Å²) in [6.07, 6.45) is 4.19. The van der Waals surface area contributed by atoms with Crippen molar-refractivity contribution in [2.24, 2.45) is 0 Å². The van der Waals surface area contributed by atoms with E-state index in [9.17, 15) is 5.11 Å². The maximum absolute atomic E-state index is 9.88. The Morgan fingerprint density at radius 2 is 1.69 bits per heavy atom. The number of aromatic hydroxyl groups is 1. The molecule has 186 valence electrons. The highest BCUT2D eigenvalue weighted by molar-refractivity contribution is 5.60. The van der Waals surface area contributed by atoms with Gasteiger partial charge >= 0.3 is 0 Å². The molecule has 0 radical (unpaired) electrons. The Kier molecular flexibility index (Phi) is 8.35. The SMILES string of the molecule is CCN(C)CCc1ccc(CN(CC)c2cc(OC)ccc2[C@@H]2CCc3cc(O)ccc3C2)cc1. The second-order valence-corrected chi connectivity index (χ2v) is 9.79. The van der Waals surface area contributed by atoms with Crippen LogP contribution in [0.2, 0.25) is 0 Å². The molecule has 0 fully saturated rings. The van der Waals surface area contributed by atoms with Crippen molar-refractivity contribution in [3.63, 3.8) is 0 Å². The van der Waals surface area contributed by atoms with E-state index in [1.165, 1.54) is 33.5 Å². The van der Waals surface area contributed by atoms with Crippen LogP contribution in [0.4, 0.5) is 5.69 Å². The van der Waals surface area contributed by atoms with E-state index in [4.69, 9.17) is 4.74 Å². The van der Waals surface area contributed by atoms with E-state index in [-0.39, 0.29) is 0 Å². The van der Waals surface area contributed by atoms with Gasteiger partial charge in [0.25, 0.3) is 0 Å². The molecule has 0 amide bonds. The van der Waals surface area contributed by atoms with Gasteiger partial charge in [-0.05, 0) is 98.1 Å². The van der Waals surface area contributed by atoms with Crippen LogP contribution < -0.4 is 9.64 Å². The first-order chi connectivity index (χ1) is 17.0. The highest BCUT2D eigenvalue weighted by Crippen LogP contribution is 2.40. The Morgan fingerprint density at radius 1 is 0.914 bits per heavy atom. The van der Waals surface area contributed by atoms with Crippen molar-refractivity contribution in [2.75, 3.05) is 38.7 Å². The number of aryl methyl sites for hydroxylation is 1. The molecular formula is C31H40N2O2. The Bertz CT molecular complexity index is 1110. The highest BCUT2D eigenvalue weighted by Gasteiger charge is 2.24. The molecule has 4 nitrogen and oxygen atoms in total. The number of hydrogen-bond acceptors (Lipinski definition) is 4. The van der Waals surface area contributed by atoms with Crippen molar-refractivity contribution in [2.45, 2.75) is 52.0 Å². The lowest BCUT2D eigenvalue weighted by Crippen LogP contribution is -2.25. The van der Waals surface area contributed by atoms with E-state index in [1.807, 2.05) is 12.1 Å². The molecule has 3 aromatic carbocycles. The van der Waals surface area contributed by atoms with Crippen molar-refractivity contribution in [3.8, 4) is 11.5 Å². The number of benzene rings is 3. The zero-order chi connectivity index (χ0) is 24.8. The largest absolute Gasteiger partial charge is 0.508 e. The second-order valence-electron chi connectivity index (χ2n) is 9.79. The molecule has 0 heterocycles. The van der Waals surface area contributed by atoms with E-state index in [1.54, 1.807) is 7.11 Å². The Hall–Kier alpha value is -2.98. The first-order valence-electron chi connectivity index (χ1n) is 13.0. The lowest BCUT2D eigenvalue weighted by molar-refractivity contribution is 0.357. The molecule has 0 unspecified atom stereocenters. The van der Waals surface area contributed by atoms with Gasteiger partial charge in [0.2, 0.25) is 0 Å². The average Bonchev–Trinajstić information content (AvgIpc) is 2.90. The molecule has 4 heteroatoms. The smallest absolute Gasteiger partial charge is 0.120 e. The quantitative estimate of drug-likeness (QED) is 0.381. The van der Waals surface area contributed by atoms with Gasteiger partial charge in [-0.3, -0.25) is 0 Å². The summed E-state index contributed by atoms with van der Waals surface area (Å²) in [6, 6.07) is 21.6. The van der Waals surface area contributed by atoms with Gasteiger partial charge in [-0.1, -0.05) is 43.3 Å². The van der Waals surface area contributed by atoms with Crippen LogP contribution in [-0.4, -0.2) is 43.8 Å². The fourth-order valence-electron chi connectivity index (χ4n) is 5.15. The summed E-state index contributed by atoms with van der Waals surface area (Å²) in [4.78, 5) is 4.83. The fourth-order valence-corrected chi connectivity index (χ4v) is 5.15. The summed E-state index contributed by atoms with van der Waals surface area (Å²) >= 11 is 0. The number of nitrogens with zero attached hydrogens (tertiary/aromatic N) is 2. The normalized spacial score (nSPS) is 15.2. The van der Waals surface area contributed by atoms with Gasteiger partial charge in [-0.15, -0.1) is 0 Å². The van der Waals surface area contributed by atoms with E-state index in [0.717, 1.165) is 57.6 Å². The molecule has 0 saturated heterocycles. The van der Waals surface area contributed by atoms with Crippen molar-refractivity contribution in [1.82, 2.24) is 4.90 Å².